The number of halogens is 3. The zero-order chi connectivity index (χ0) is 12.9. The van der Waals surface area contributed by atoms with Gasteiger partial charge in [-0.25, -0.2) is 0 Å². The van der Waals surface area contributed by atoms with Gasteiger partial charge in [-0.15, -0.1) is 0 Å². The fourth-order valence-electron chi connectivity index (χ4n) is 1.09. The number of rotatable bonds is 3. The molecule has 0 fully saturated rings. The van der Waals surface area contributed by atoms with E-state index in [2.05, 4.69) is 23.0 Å². The van der Waals surface area contributed by atoms with E-state index in [0.29, 0.717) is 6.41 Å². The third-order valence-electron chi connectivity index (χ3n) is 1.73. The Morgan fingerprint density at radius 3 is 2.53 bits per heavy atom. The third-order valence-corrected chi connectivity index (χ3v) is 1.93. The van der Waals surface area contributed by atoms with Crippen molar-refractivity contribution in [3.8, 4) is 0 Å². The maximum atomic E-state index is 12.6. The van der Waals surface area contributed by atoms with E-state index in [9.17, 15) is 18.0 Å². The Morgan fingerprint density at radius 1 is 1.29 bits per heavy atom. The number of nitrogens with one attached hydrogen (secondary N) is 3. The van der Waals surface area contributed by atoms with Gasteiger partial charge in [0, 0.05) is 0 Å². The minimum Gasteiger partial charge on any atom is -0.331 e. The maximum absolute atomic E-state index is 12.6. The summed E-state index contributed by atoms with van der Waals surface area (Å²) in [6.45, 7) is 0. The number of carbonyl (C=O) groups is 1. The fraction of sp³-hybridized carbons (Fsp3) is 0.111. The van der Waals surface area contributed by atoms with E-state index in [0.717, 1.165) is 6.07 Å². The van der Waals surface area contributed by atoms with Crippen LogP contribution in [0.25, 0.3) is 0 Å². The van der Waals surface area contributed by atoms with Crippen molar-refractivity contribution in [2.75, 3.05) is 5.32 Å². The van der Waals surface area contributed by atoms with Crippen molar-refractivity contribution < 1.29 is 18.0 Å². The highest BCUT2D eigenvalue weighted by atomic mass is 32.1. The molecule has 1 aromatic carbocycles. The summed E-state index contributed by atoms with van der Waals surface area (Å²) in [7, 11) is 0. The summed E-state index contributed by atoms with van der Waals surface area (Å²) in [6, 6.07) is 4.87. The normalized spacial score (nSPS) is 10.5. The lowest BCUT2D eigenvalue weighted by molar-refractivity contribution is -0.136. The van der Waals surface area contributed by atoms with Crippen molar-refractivity contribution in [1.29, 1.82) is 0 Å². The molecule has 1 rings (SSSR count). The molecule has 0 saturated heterocycles. The highest BCUT2D eigenvalue weighted by molar-refractivity contribution is 7.80. The average molecular weight is 263 g/mol. The molecule has 0 saturated carbocycles. The average Bonchev–Trinajstić information content (AvgIpc) is 2.25. The zero-order valence-electron chi connectivity index (χ0n) is 8.34. The van der Waals surface area contributed by atoms with Crippen LogP contribution in [0.1, 0.15) is 5.56 Å². The molecule has 0 spiro atoms. The van der Waals surface area contributed by atoms with Gasteiger partial charge >= 0.3 is 6.18 Å². The Balaban J connectivity index is 2.84. The van der Waals surface area contributed by atoms with Crippen LogP contribution < -0.4 is 16.2 Å². The van der Waals surface area contributed by atoms with E-state index >= 15 is 0 Å². The highest BCUT2D eigenvalue weighted by Gasteiger charge is 2.33. The molecule has 1 aromatic rings. The number of hydrogen-bond acceptors (Lipinski definition) is 2. The van der Waals surface area contributed by atoms with E-state index < -0.39 is 11.7 Å². The van der Waals surface area contributed by atoms with Crippen LogP contribution in [0.3, 0.4) is 0 Å². The van der Waals surface area contributed by atoms with Gasteiger partial charge in [0.25, 0.3) is 0 Å². The Kier molecular flexibility index (Phi) is 4.27. The second kappa shape index (κ2) is 5.48. The molecule has 8 heteroatoms. The van der Waals surface area contributed by atoms with Gasteiger partial charge in [0.1, 0.15) is 0 Å². The molecule has 0 atom stereocenters. The van der Waals surface area contributed by atoms with Crippen molar-refractivity contribution in [3.63, 3.8) is 0 Å². The quantitative estimate of drug-likeness (QED) is 0.441. The minimum atomic E-state index is -4.47. The van der Waals surface area contributed by atoms with Crippen molar-refractivity contribution >= 4 is 29.4 Å². The Hall–Kier alpha value is -1.83. The van der Waals surface area contributed by atoms with Crippen molar-refractivity contribution in [1.82, 2.24) is 10.9 Å². The van der Waals surface area contributed by atoms with Crippen LogP contribution in [0.5, 0.6) is 0 Å². The Labute approximate surface area is 100 Å². The molecule has 92 valence electrons. The number of anilines is 1. The van der Waals surface area contributed by atoms with Gasteiger partial charge in [0.15, 0.2) is 5.11 Å². The van der Waals surface area contributed by atoms with Crippen LogP contribution in [0.4, 0.5) is 18.9 Å². The summed E-state index contributed by atoms with van der Waals surface area (Å²) in [5.74, 6) is 0. The number of para-hydroxylation sites is 1. The molecule has 0 heterocycles. The highest BCUT2D eigenvalue weighted by Crippen LogP contribution is 2.34. The first-order valence-electron chi connectivity index (χ1n) is 4.37. The fourth-order valence-corrected chi connectivity index (χ4v) is 1.26. The number of alkyl halides is 3. The van der Waals surface area contributed by atoms with E-state index in [1.807, 2.05) is 5.43 Å². The summed E-state index contributed by atoms with van der Waals surface area (Å²) in [4.78, 5) is 9.95. The first kappa shape index (κ1) is 13.2. The molecule has 0 aliphatic rings. The lowest BCUT2D eigenvalue weighted by Gasteiger charge is -2.15. The minimum absolute atomic E-state index is 0.145. The van der Waals surface area contributed by atoms with Crippen LogP contribution in [0.15, 0.2) is 24.3 Å². The smallest absolute Gasteiger partial charge is 0.331 e. The largest absolute Gasteiger partial charge is 0.418 e. The third kappa shape index (κ3) is 3.91. The predicted molar refractivity (Wildman–Crippen MR) is 60.0 cm³/mol. The topological polar surface area (TPSA) is 53.2 Å². The van der Waals surface area contributed by atoms with Crippen molar-refractivity contribution in [3.05, 3.63) is 29.8 Å². The standard InChI is InChI=1S/C9H8F3N3OS/c10-9(11,12)6-3-1-2-4-7(6)14-8(17)15-13-5-16/h1-5H,(H,13,16)(H2,14,15,17). The lowest BCUT2D eigenvalue weighted by Crippen LogP contribution is -2.39. The molecule has 4 nitrogen and oxygen atoms in total. The van der Waals surface area contributed by atoms with Gasteiger partial charge in [-0.1, -0.05) is 12.1 Å². The number of carbonyl (C=O) groups excluding carboxylic acids is 1. The van der Waals surface area contributed by atoms with Crippen LogP contribution in [-0.4, -0.2) is 11.5 Å². The second-order valence-electron chi connectivity index (χ2n) is 2.88. The summed E-state index contributed by atoms with van der Waals surface area (Å²) in [5.41, 5.74) is 3.18. The summed E-state index contributed by atoms with van der Waals surface area (Å²) < 4.78 is 37.7. The SMILES string of the molecule is O=CNNC(=S)Nc1ccccc1C(F)(F)F. The van der Waals surface area contributed by atoms with E-state index in [1.54, 1.807) is 0 Å². The van der Waals surface area contributed by atoms with Crippen LogP contribution >= 0.6 is 12.2 Å². The first-order chi connectivity index (χ1) is 7.95. The molecule has 0 unspecified atom stereocenters. The molecular weight excluding hydrogens is 255 g/mol. The zero-order valence-corrected chi connectivity index (χ0v) is 9.15. The van der Waals surface area contributed by atoms with Crippen molar-refractivity contribution in [2.45, 2.75) is 6.18 Å². The summed E-state index contributed by atoms with van der Waals surface area (Å²) >= 11 is 4.67. The monoisotopic (exact) mass is 263 g/mol. The Bertz CT molecular complexity index is 422. The summed E-state index contributed by atoms with van der Waals surface area (Å²) in [6.07, 6.45) is -4.17. The van der Waals surface area contributed by atoms with Crippen LogP contribution in [-0.2, 0) is 11.0 Å². The van der Waals surface area contributed by atoms with E-state index in [-0.39, 0.29) is 10.8 Å². The molecular formula is C9H8F3N3OS. The molecule has 0 aliphatic carbocycles. The number of amides is 1. The number of benzene rings is 1. The lowest BCUT2D eigenvalue weighted by atomic mass is 10.2. The van der Waals surface area contributed by atoms with Crippen LogP contribution in [0, 0.1) is 0 Å². The van der Waals surface area contributed by atoms with E-state index in [1.165, 1.54) is 18.2 Å². The maximum Gasteiger partial charge on any atom is 0.418 e. The van der Waals surface area contributed by atoms with Crippen LogP contribution in [0.2, 0.25) is 0 Å². The molecule has 0 aliphatic heterocycles. The molecule has 0 radical (unpaired) electrons. The first-order valence-corrected chi connectivity index (χ1v) is 4.78. The van der Waals surface area contributed by atoms with Gasteiger partial charge in [-0.05, 0) is 24.4 Å². The number of hydrogen-bond donors (Lipinski definition) is 3. The number of thiocarbonyl (C=S) groups is 1. The second-order valence-corrected chi connectivity index (χ2v) is 3.29. The molecule has 0 aromatic heterocycles. The van der Waals surface area contributed by atoms with Gasteiger partial charge in [0.2, 0.25) is 6.41 Å². The predicted octanol–water partition coefficient (Wildman–Crippen LogP) is 1.65. The van der Waals surface area contributed by atoms with Gasteiger partial charge in [-0.2, -0.15) is 13.2 Å². The van der Waals surface area contributed by atoms with Gasteiger partial charge in [0.05, 0.1) is 11.3 Å². The Morgan fingerprint density at radius 2 is 1.94 bits per heavy atom. The van der Waals surface area contributed by atoms with Gasteiger partial charge in [-0.3, -0.25) is 15.6 Å². The molecule has 0 bridgehead atoms. The molecule has 1 amide bonds. The van der Waals surface area contributed by atoms with Crippen molar-refractivity contribution in [2.24, 2.45) is 0 Å². The summed E-state index contributed by atoms with van der Waals surface area (Å²) in [5, 5.41) is 2.19. The van der Waals surface area contributed by atoms with Gasteiger partial charge < -0.3 is 5.32 Å². The molecule has 3 N–H and O–H groups in total. The molecule has 17 heavy (non-hydrogen) atoms. The van der Waals surface area contributed by atoms with E-state index in [4.69, 9.17) is 0 Å². The number of hydrazine groups is 1.